The average Bonchev–Trinajstić information content (AvgIpc) is 3.10. The molecule has 29 heavy (non-hydrogen) atoms. The fourth-order valence-electron chi connectivity index (χ4n) is 2.73. The highest BCUT2D eigenvalue weighted by molar-refractivity contribution is 14.0. The third kappa shape index (κ3) is 11.9. The van der Waals surface area contributed by atoms with E-state index in [0.717, 1.165) is 38.4 Å². The van der Waals surface area contributed by atoms with E-state index in [0.29, 0.717) is 5.92 Å². The molecule has 1 heterocycles. The summed E-state index contributed by atoms with van der Waals surface area (Å²) in [5, 5.41) is 10.6. The number of halogens is 1. The summed E-state index contributed by atoms with van der Waals surface area (Å²) in [5.74, 6) is 1.16. The molecule has 0 spiro atoms. The third-order valence-corrected chi connectivity index (χ3v) is 4.26. The van der Waals surface area contributed by atoms with E-state index < -0.39 is 5.60 Å². The second-order valence-corrected chi connectivity index (χ2v) is 8.30. The Bertz CT molecular complexity index is 599. The summed E-state index contributed by atoms with van der Waals surface area (Å²) in [6.45, 7) is 12.3. The van der Waals surface area contributed by atoms with E-state index in [1.165, 1.54) is 0 Å². The molecule has 0 aromatic carbocycles. The second-order valence-electron chi connectivity index (χ2n) is 8.30. The molecular formula is C20H39IN6O2. The summed E-state index contributed by atoms with van der Waals surface area (Å²) in [6.07, 6.45) is 5.15. The van der Waals surface area contributed by atoms with Crippen LogP contribution in [0.3, 0.4) is 0 Å². The number of carbonyl (C=O) groups is 1. The maximum atomic E-state index is 12.1. The van der Waals surface area contributed by atoms with E-state index in [9.17, 15) is 4.79 Å². The lowest BCUT2D eigenvalue weighted by atomic mass is 10.0. The van der Waals surface area contributed by atoms with Crippen LogP contribution in [0.2, 0.25) is 0 Å². The van der Waals surface area contributed by atoms with Gasteiger partial charge < -0.3 is 20.3 Å². The van der Waals surface area contributed by atoms with Gasteiger partial charge in [-0.3, -0.25) is 9.67 Å². The summed E-state index contributed by atoms with van der Waals surface area (Å²) in [6, 6.07) is 1.96. The Kier molecular flexibility index (Phi) is 12.9. The number of aliphatic imine (C=N–C) groups is 1. The molecule has 0 aliphatic rings. The molecule has 0 aliphatic carbocycles. The van der Waals surface area contributed by atoms with Crippen molar-refractivity contribution < 1.29 is 9.53 Å². The van der Waals surface area contributed by atoms with Crippen LogP contribution in [0, 0.1) is 5.92 Å². The molecule has 0 saturated carbocycles. The molecule has 0 bridgehead atoms. The van der Waals surface area contributed by atoms with Crippen LogP contribution >= 0.6 is 24.0 Å². The van der Waals surface area contributed by atoms with E-state index in [1.54, 1.807) is 13.2 Å². The van der Waals surface area contributed by atoms with E-state index in [2.05, 4.69) is 39.5 Å². The van der Waals surface area contributed by atoms with Gasteiger partial charge in [-0.25, -0.2) is 4.79 Å². The van der Waals surface area contributed by atoms with Crippen molar-refractivity contribution in [3.8, 4) is 0 Å². The molecule has 1 atom stereocenters. The highest BCUT2D eigenvalue weighted by atomic mass is 127. The molecule has 1 aromatic heterocycles. The number of amides is 1. The summed E-state index contributed by atoms with van der Waals surface area (Å²) in [5.41, 5.74) is -0.496. The minimum absolute atomic E-state index is 0. The lowest BCUT2D eigenvalue weighted by Gasteiger charge is -2.28. The van der Waals surface area contributed by atoms with Gasteiger partial charge in [-0.15, -0.1) is 24.0 Å². The minimum atomic E-state index is -0.496. The van der Waals surface area contributed by atoms with Gasteiger partial charge in [-0.1, -0.05) is 13.8 Å². The van der Waals surface area contributed by atoms with Crippen LogP contribution < -0.4 is 10.6 Å². The van der Waals surface area contributed by atoms with E-state index in [1.807, 2.05) is 44.8 Å². The lowest BCUT2D eigenvalue weighted by molar-refractivity contribution is 0.0486. The first-order chi connectivity index (χ1) is 13.1. The SMILES string of the molecule is CN=C(NCCCn1cccn1)N(C)CCC(NC(=O)OC(C)(C)C)C(C)C.I. The molecule has 1 rings (SSSR count). The van der Waals surface area contributed by atoms with Gasteiger partial charge in [0.15, 0.2) is 5.96 Å². The van der Waals surface area contributed by atoms with Crippen molar-refractivity contribution in [1.82, 2.24) is 25.3 Å². The number of aromatic nitrogens is 2. The van der Waals surface area contributed by atoms with Crippen molar-refractivity contribution in [2.45, 2.75) is 65.6 Å². The predicted octanol–water partition coefficient (Wildman–Crippen LogP) is 3.34. The standard InChI is InChI=1S/C20H38N6O2.HI/c1-16(2)17(24-19(27)28-20(3,4)5)10-15-25(7)18(21-6)22-11-8-13-26-14-9-12-23-26;/h9,12,14,16-17H,8,10-11,13,15H2,1-7H3,(H,21,22)(H,24,27);1H. The topological polar surface area (TPSA) is 83.8 Å². The minimum Gasteiger partial charge on any atom is -0.444 e. The van der Waals surface area contributed by atoms with Gasteiger partial charge >= 0.3 is 6.09 Å². The summed E-state index contributed by atoms with van der Waals surface area (Å²) in [4.78, 5) is 18.5. The molecule has 9 heteroatoms. The first kappa shape index (κ1) is 27.5. The summed E-state index contributed by atoms with van der Waals surface area (Å²) in [7, 11) is 3.79. The molecular weight excluding hydrogens is 483 g/mol. The van der Waals surface area contributed by atoms with Crippen molar-refractivity contribution in [3.63, 3.8) is 0 Å². The van der Waals surface area contributed by atoms with Gasteiger partial charge in [0, 0.05) is 52.2 Å². The molecule has 0 fully saturated rings. The van der Waals surface area contributed by atoms with Crippen molar-refractivity contribution in [3.05, 3.63) is 18.5 Å². The number of nitrogens with zero attached hydrogens (tertiary/aromatic N) is 4. The van der Waals surface area contributed by atoms with Gasteiger partial charge in [0.05, 0.1) is 0 Å². The van der Waals surface area contributed by atoms with Crippen LogP contribution in [0.4, 0.5) is 4.79 Å². The fraction of sp³-hybridized carbons (Fsp3) is 0.750. The lowest BCUT2D eigenvalue weighted by Crippen LogP contribution is -2.45. The fourth-order valence-corrected chi connectivity index (χ4v) is 2.73. The smallest absolute Gasteiger partial charge is 0.407 e. The van der Waals surface area contributed by atoms with Crippen molar-refractivity contribution in [1.29, 1.82) is 0 Å². The van der Waals surface area contributed by atoms with Crippen LogP contribution in [0.5, 0.6) is 0 Å². The maximum absolute atomic E-state index is 12.1. The first-order valence-corrected chi connectivity index (χ1v) is 10.0. The molecule has 0 radical (unpaired) electrons. The molecule has 2 N–H and O–H groups in total. The van der Waals surface area contributed by atoms with Crippen LogP contribution in [0.15, 0.2) is 23.5 Å². The Morgan fingerprint density at radius 2 is 2.03 bits per heavy atom. The Labute approximate surface area is 192 Å². The van der Waals surface area contributed by atoms with Crippen LogP contribution in [-0.2, 0) is 11.3 Å². The molecule has 8 nitrogen and oxygen atoms in total. The second kappa shape index (κ2) is 13.7. The number of hydrogen-bond donors (Lipinski definition) is 2. The van der Waals surface area contributed by atoms with E-state index in [-0.39, 0.29) is 36.1 Å². The quantitative estimate of drug-likeness (QED) is 0.225. The highest BCUT2D eigenvalue weighted by Crippen LogP contribution is 2.11. The number of guanidine groups is 1. The monoisotopic (exact) mass is 522 g/mol. The van der Waals surface area contributed by atoms with Crippen LogP contribution in [0.1, 0.15) is 47.5 Å². The third-order valence-electron chi connectivity index (χ3n) is 4.26. The Morgan fingerprint density at radius 1 is 1.34 bits per heavy atom. The molecule has 168 valence electrons. The highest BCUT2D eigenvalue weighted by Gasteiger charge is 2.22. The molecule has 0 saturated heterocycles. The summed E-state index contributed by atoms with van der Waals surface area (Å²) >= 11 is 0. The zero-order chi connectivity index (χ0) is 21.2. The number of rotatable bonds is 9. The van der Waals surface area contributed by atoms with Gasteiger partial charge in [0.2, 0.25) is 0 Å². The zero-order valence-electron chi connectivity index (χ0n) is 18.9. The van der Waals surface area contributed by atoms with Gasteiger partial charge in [0.1, 0.15) is 5.60 Å². The van der Waals surface area contributed by atoms with Crippen molar-refractivity contribution >= 4 is 36.0 Å². The maximum Gasteiger partial charge on any atom is 0.407 e. The van der Waals surface area contributed by atoms with Crippen molar-refractivity contribution in [2.24, 2.45) is 10.9 Å². The molecule has 1 aromatic rings. The van der Waals surface area contributed by atoms with Gasteiger partial charge in [-0.2, -0.15) is 5.10 Å². The van der Waals surface area contributed by atoms with Gasteiger partial charge in [-0.05, 0) is 45.6 Å². The Hall–Kier alpha value is -1.52. The largest absolute Gasteiger partial charge is 0.444 e. The normalized spacial score (nSPS) is 12.9. The number of hydrogen-bond acceptors (Lipinski definition) is 4. The molecule has 1 amide bonds. The Morgan fingerprint density at radius 3 is 2.55 bits per heavy atom. The number of carbonyl (C=O) groups excluding carboxylic acids is 1. The molecule has 0 aliphatic heterocycles. The first-order valence-electron chi connectivity index (χ1n) is 10.0. The average molecular weight is 522 g/mol. The van der Waals surface area contributed by atoms with E-state index >= 15 is 0 Å². The number of alkyl carbamates (subject to hydrolysis) is 1. The van der Waals surface area contributed by atoms with Gasteiger partial charge in [0.25, 0.3) is 0 Å². The summed E-state index contributed by atoms with van der Waals surface area (Å²) < 4.78 is 7.30. The van der Waals surface area contributed by atoms with Crippen LogP contribution in [-0.4, -0.2) is 65.6 Å². The van der Waals surface area contributed by atoms with Crippen molar-refractivity contribution in [2.75, 3.05) is 27.2 Å². The van der Waals surface area contributed by atoms with Crippen LogP contribution in [0.25, 0.3) is 0 Å². The predicted molar refractivity (Wildman–Crippen MR) is 129 cm³/mol. The molecule has 1 unspecified atom stereocenters. The number of nitrogens with one attached hydrogen (secondary N) is 2. The van der Waals surface area contributed by atoms with E-state index in [4.69, 9.17) is 4.74 Å². The number of aryl methyl sites for hydroxylation is 1. The zero-order valence-corrected chi connectivity index (χ0v) is 21.3. The number of ether oxygens (including phenoxy) is 1. The Balaban J connectivity index is 0.00000784.